The number of hydrogen-bond donors (Lipinski definition) is 1. The number of ether oxygens (including phenoxy) is 1. The highest BCUT2D eigenvalue weighted by Crippen LogP contribution is 2.37. The first-order chi connectivity index (χ1) is 13.8. The third-order valence-electron chi connectivity index (χ3n) is 4.79. The summed E-state index contributed by atoms with van der Waals surface area (Å²) >= 11 is 1.36. The molecule has 1 aromatic carbocycles. The summed E-state index contributed by atoms with van der Waals surface area (Å²) in [7, 11) is -1.42. The van der Waals surface area contributed by atoms with Crippen LogP contribution in [0.15, 0.2) is 29.2 Å². The molecule has 0 fully saturated rings. The molecule has 0 radical (unpaired) electrons. The van der Waals surface area contributed by atoms with E-state index >= 15 is 0 Å². The van der Waals surface area contributed by atoms with E-state index in [0.717, 1.165) is 17.0 Å². The Morgan fingerprint density at radius 1 is 1.28 bits per heavy atom. The maximum absolute atomic E-state index is 12.8. The lowest BCUT2D eigenvalue weighted by atomic mass is 10.0. The van der Waals surface area contributed by atoms with Gasteiger partial charge in [-0.25, -0.2) is 13.2 Å². The average molecular weight is 437 g/mol. The zero-order valence-electron chi connectivity index (χ0n) is 16.6. The molecule has 3 rings (SSSR count). The van der Waals surface area contributed by atoms with Crippen molar-refractivity contribution < 1.29 is 22.7 Å². The van der Waals surface area contributed by atoms with Crippen molar-refractivity contribution in [2.24, 2.45) is 0 Å². The highest BCUT2D eigenvalue weighted by Gasteiger charge is 2.29. The lowest BCUT2D eigenvalue weighted by Gasteiger charge is -2.22. The number of rotatable bonds is 6. The topological polar surface area (TPSA) is 92.8 Å². The minimum Gasteiger partial charge on any atom is -0.462 e. The van der Waals surface area contributed by atoms with Crippen molar-refractivity contribution in [1.82, 2.24) is 4.90 Å². The maximum atomic E-state index is 12.8. The quantitative estimate of drug-likeness (QED) is 0.700. The molecule has 0 atom stereocenters. The van der Waals surface area contributed by atoms with Gasteiger partial charge in [0.25, 0.3) is 5.91 Å². The zero-order valence-corrected chi connectivity index (χ0v) is 18.3. The van der Waals surface area contributed by atoms with Crippen LogP contribution in [0.3, 0.4) is 0 Å². The van der Waals surface area contributed by atoms with Gasteiger partial charge in [-0.1, -0.05) is 13.0 Å². The van der Waals surface area contributed by atoms with Crippen molar-refractivity contribution >= 4 is 38.1 Å². The molecule has 0 saturated carbocycles. The van der Waals surface area contributed by atoms with Gasteiger partial charge in [-0.15, -0.1) is 11.3 Å². The van der Waals surface area contributed by atoms with E-state index in [1.165, 1.54) is 29.5 Å². The zero-order chi connectivity index (χ0) is 21.2. The van der Waals surface area contributed by atoms with Gasteiger partial charge < -0.3 is 15.0 Å². The fraction of sp³-hybridized carbons (Fsp3) is 0.400. The molecule has 29 heavy (non-hydrogen) atoms. The molecule has 1 aromatic heterocycles. The molecule has 1 N–H and O–H groups in total. The number of sulfone groups is 1. The molecule has 0 saturated heterocycles. The number of nitrogens with zero attached hydrogens (tertiary/aromatic N) is 1. The van der Waals surface area contributed by atoms with Gasteiger partial charge in [-0.2, -0.15) is 0 Å². The second kappa shape index (κ2) is 8.64. The molecule has 0 unspecified atom stereocenters. The lowest BCUT2D eigenvalue weighted by Crippen LogP contribution is -2.26. The van der Waals surface area contributed by atoms with E-state index < -0.39 is 21.7 Å². The van der Waals surface area contributed by atoms with Gasteiger partial charge in [-0.05, 0) is 44.2 Å². The van der Waals surface area contributed by atoms with Crippen LogP contribution in [-0.4, -0.2) is 51.1 Å². The summed E-state index contributed by atoms with van der Waals surface area (Å²) in [5.41, 5.74) is 1.55. The van der Waals surface area contributed by atoms with Crippen molar-refractivity contribution in [1.29, 1.82) is 0 Å². The molecule has 0 bridgehead atoms. The van der Waals surface area contributed by atoms with Gasteiger partial charge in [-0.3, -0.25) is 4.79 Å². The predicted molar refractivity (Wildman–Crippen MR) is 112 cm³/mol. The highest BCUT2D eigenvalue weighted by molar-refractivity contribution is 7.91. The van der Waals surface area contributed by atoms with Gasteiger partial charge in [0, 0.05) is 23.5 Å². The predicted octanol–water partition coefficient (Wildman–Crippen LogP) is 2.96. The van der Waals surface area contributed by atoms with Crippen LogP contribution in [-0.2, 0) is 27.5 Å². The van der Waals surface area contributed by atoms with Crippen LogP contribution >= 0.6 is 11.3 Å². The molecular formula is C20H24N2O5S2. The second-order valence-electron chi connectivity index (χ2n) is 6.80. The molecule has 1 aliphatic heterocycles. The normalized spacial score (nSPS) is 14.3. The summed E-state index contributed by atoms with van der Waals surface area (Å²) < 4.78 is 29.4. The number of hydrogen-bond acceptors (Lipinski definition) is 7. The summed E-state index contributed by atoms with van der Waals surface area (Å²) in [5.74, 6) is -0.959. The van der Waals surface area contributed by atoms with E-state index in [-0.39, 0.29) is 22.8 Å². The number of likely N-dealkylation sites (N-methyl/N-ethyl adjacent to an activating group) is 1. The Bertz CT molecular complexity index is 1040. The molecule has 2 aromatic rings. The van der Waals surface area contributed by atoms with Crippen LogP contribution in [0.5, 0.6) is 0 Å². The lowest BCUT2D eigenvalue weighted by molar-refractivity contribution is 0.0526. The van der Waals surface area contributed by atoms with E-state index in [0.29, 0.717) is 23.5 Å². The maximum Gasteiger partial charge on any atom is 0.341 e. The van der Waals surface area contributed by atoms with Crippen LogP contribution in [0, 0.1) is 0 Å². The number of anilines is 1. The minimum atomic E-state index is -3.42. The first-order valence-electron chi connectivity index (χ1n) is 9.41. The number of benzene rings is 1. The van der Waals surface area contributed by atoms with E-state index in [1.54, 1.807) is 19.9 Å². The number of carbonyl (C=O) groups is 2. The van der Waals surface area contributed by atoms with Crippen LogP contribution in [0.2, 0.25) is 0 Å². The Hall–Kier alpha value is -2.23. The Labute approximate surface area is 174 Å². The molecule has 9 heteroatoms. The third kappa shape index (κ3) is 4.52. The molecule has 0 spiro atoms. The fourth-order valence-electron chi connectivity index (χ4n) is 3.21. The van der Waals surface area contributed by atoms with Gasteiger partial charge in [0.1, 0.15) is 5.00 Å². The van der Waals surface area contributed by atoms with E-state index in [9.17, 15) is 18.0 Å². The Morgan fingerprint density at radius 2 is 2.03 bits per heavy atom. The standard InChI is InChI=1S/C20H24N2O5S2/c1-4-27-20(24)17-15-9-10-22(3)12-16(15)28-19(17)21-18(23)13-7-6-8-14(11-13)29(25,26)5-2/h6-8,11H,4-5,9-10,12H2,1-3H3,(H,21,23). The van der Waals surface area contributed by atoms with E-state index in [1.807, 2.05) is 7.05 Å². The Balaban J connectivity index is 1.95. The molecule has 1 aliphatic rings. The molecule has 1 amide bonds. The number of fused-ring (bicyclic) bond motifs is 1. The van der Waals surface area contributed by atoms with Crippen LogP contribution in [0.4, 0.5) is 5.00 Å². The summed E-state index contributed by atoms with van der Waals surface area (Å²) in [6, 6.07) is 5.92. The van der Waals surface area contributed by atoms with Gasteiger partial charge in [0.05, 0.1) is 22.8 Å². The van der Waals surface area contributed by atoms with Crippen molar-refractivity contribution in [3.05, 3.63) is 45.8 Å². The second-order valence-corrected chi connectivity index (χ2v) is 10.2. The minimum absolute atomic E-state index is 0.0454. The SMILES string of the molecule is CCOC(=O)c1c(NC(=O)c2cccc(S(=O)(=O)CC)c2)sc2c1CCN(C)C2. The summed E-state index contributed by atoms with van der Waals surface area (Å²) in [6.07, 6.45) is 0.705. The van der Waals surface area contributed by atoms with Crippen molar-refractivity contribution in [3.8, 4) is 0 Å². The smallest absolute Gasteiger partial charge is 0.341 e. The first-order valence-corrected chi connectivity index (χ1v) is 11.9. The van der Waals surface area contributed by atoms with Crippen molar-refractivity contribution in [2.45, 2.75) is 31.7 Å². The monoisotopic (exact) mass is 436 g/mol. The van der Waals surface area contributed by atoms with Gasteiger partial charge in [0.15, 0.2) is 9.84 Å². The van der Waals surface area contributed by atoms with E-state index in [4.69, 9.17) is 4.74 Å². The molecule has 7 nitrogen and oxygen atoms in total. The van der Waals surface area contributed by atoms with Crippen molar-refractivity contribution in [3.63, 3.8) is 0 Å². The average Bonchev–Trinajstić information content (AvgIpc) is 3.05. The number of carbonyl (C=O) groups excluding carboxylic acids is 2. The summed E-state index contributed by atoms with van der Waals surface area (Å²) in [5, 5.41) is 3.24. The number of thiophene rings is 1. The van der Waals surface area contributed by atoms with Crippen molar-refractivity contribution in [2.75, 3.05) is 31.3 Å². The van der Waals surface area contributed by atoms with Gasteiger partial charge in [0.2, 0.25) is 0 Å². The van der Waals surface area contributed by atoms with Crippen LogP contribution in [0.1, 0.15) is 45.0 Å². The number of esters is 1. The largest absolute Gasteiger partial charge is 0.462 e. The van der Waals surface area contributed by atoms with Gasteiger partial charge >= 0.3 is 5.97 Å². The number of amides is 1. The van der Waals surface area contributed by atoms with Crippen LogP contribution in [0.25, 0.3) is 0 Å². The Morgan fingerprint density at radius 3 is 2.72 bits per heavy atom. The molecule has 156 valence electrons. The fourth-order valence-corrected chi connectivity index (χ4v) is 5.45. The summed E-state index contributed by atoms with van der Waals surface area (Å²) in [6.45, 7) is 5.06. The summed E-state index contributed by atoms with van der Waals surface area (Å²) in [4.78, 5) is 28.7. The molecule has 0 aliphatic carbocycles. The third-order valence-corrected chi connectivity index (χ3v) is 7.65. The van der Waals surface area contributed by atoms with Crippen LogP contribution < -0.4 is 5.32 Å². The highest BCUT2D eigenvalue weighted by atomic mass is 32.2. The molecule has 2 heterocycles. The molecular weight excluding hydrogens is 412 g/mol. The first kappa shape index (κ1) is 21.5. The number of nitrogens with one attached hydrogen (secondary N) is 1. The van der Waals surface area contributed by atoms with E-state index in [2.05, 4.69) is 10.2 Å². The Kier molecular flexibility index (Phi) is 6.40.